The molecule has 1 N–H and O–H groups in total. The van der Waals surface area contributed by atoms with E-state index < -0.39 is 0 Å². The molecule has 3 rings (SSSR count). The lowest BCUT2D eigenvalue weighted by atomic mass is 10.0. The summed E-state index contributed by atoms with van der Waals surface area (Å²) < 4.78 is 29.4. The average Bonchev–Trinajstić information content (AvgIpc) is 3.20. The first kappa shape index (κ1) is 19.8. The van der Waals surface area contributed by atoms with Gasteiger partial charge in [-0.15, -0.1) is 0 Å². The first-order valence-electron chi connectivity index (χ1n) is 9.27. The van der Waals surface area contributed by atoms with Gasteiger partial charge in [0.2, 0.25) is 0 Å². The maximum absolute atomic E-state index is 13.1. The van der Waals surface area contributed by atoms with E-state index in [1.54, 1.807) is 26.4 Å². The Balaban J connectivity index is 1.57. The van der Waals surface area contributed by atoms with Gasteiger partial charge in [0.25, 0.3) is 0 Å². The number of nitrogens with one attached hydrogen (secondary N) is 1. The summed E-state index contributed by atoms with van der Waals surface area (Å²) in [7, 11) is 3.22. The lowest BCUT2D eigenvalue weighted by Gasteiger charge is -2.26. The average molecular weight is 388 g/mol. The number of hydrogen-bond acceptors (Lipinski definition) is 4. The standard InChI is InChI=1S/C21H25FN2O4/c1-26-16-8-9-18(20(14-16)27-2)19-7-4-11-24(19)21(25)23-10-12-28-17-6-3-5-15(22)13-17/h3,5-6,8-9,13-14,19H,4,7,10-12H2,1-2H3,(H,23,25). The SMILES string of the molecule is COc1ccc(C2CCCN2C(=O)NCCOc2cccc(F)c2)c(OC)c1. The molecule has 1 atom stereocenters. The molecule has 1 heterocycles. The van der Waals surface area contributed by atoms with Crippen molar-refractivity contribution in [3.8, 4) is 17.2 Å². The highest BCUT2D eigenvalue weighted by molar-refractivity contribution is 5.75. The minimum atomic E-state index is -0.352. The number of methoxy groups -OCH3 is 2. The molecule has 0 spiro atoms. The zero-order valence-electron chi connectivity index (χ0n) is 16.1. The zero-order valence-corrected chi connectivity index (χ0v) is 16.1. The van der Waals surface area contributed by atoms with Crippen LogP contribution in [0.4, 0.5) is 9.18 Å². The molecule has 0 radical (unpaired) electrons. The third-order valence-corrected chi connectivity index (χ3v) is 4.76. The Hall–Kier alpha value is -2.96. The molecule has 150 valence electrons. The minimum absolute atomic E-state index is 0.0509. The number of amides is 2. The van der Waals surface area contributed by atoms with Crippen molar-refractivity contribution < 1.29 is 23.4 Å². The van der Waals surface area contributed by atoms with Crippen molar-refractivity contribution in [2.75, 3.05) is 33.9 Å². The molecule has 1 aliphatic rings. The van der Waals surface area contributed by atoms with E-state index in [4.69, 9.17) is 14.2 Å². The van der Waals surface area contributed by atoms with Gasteiger partial charge >= 0.3 is 6.03 Å². The molecule has 0 saturated carbocycles. The largest absolute Gasteiger partial charge is 0.497 e. The van der Waals surface area contributed by atoms with E-state index in [-0.39, 0.29) is 24.5 Å². The van der Waals surface area contributed by atoms with Crippen molar-refractivity contribution >= 4 is 6.03 Å². The predicted molar refractivity (Wildman–Crippen MR) is 104 cm³/mol. The number of ether oxygens (including phenoxy) is 3. The molecule has 1 saturated heterocycles. The fourth-order valence-corrected chi connectivity index (χ4v) is 3.41. The molecular formula is C21H25FN2O4. The van der Waals surface area contributed by atoms with E-state index in [0.717, 1.165) is 18.4 Å². The molecule has 0 bridgehead atoms. The van der Waals surface area contributed by atoms with Gasteiger partial charge in [-0.1, -0.05) is 6.07 Å². The van der Waals surface area contributed by atoms with Gasteiger partial charge in [-0.25, -0.2) is 9.18 Å². The number of halogens is 1. The number of nitrogens with zero attached hydrogens (tertiary/aromatic N) is 1. The Morgan fingerprint density at radius 2 is 2.04 bits per heavy atom. The fourth-order valence-electron chi connectivity index (χ4n) is 3.41. The van der Waals surface area contributed by atoms with Crippen molar-refractivity contribution in [3.05, 3.63) is 53.8 Å². The molecular weight excluding hydrogens is 363 g/mol. The van der Waals surface area contributed by atoms with Gasteiger partial charge < -0.3 is 24.4 Å². The number of urea groups is 1. The van der Waals surface area contributed by atoms with Crippen molar-refractivity contribution in [2.45, 2.75) is 18.9 Å². The van der Waals surface area contributed by atoms with Crippen molar-refractivity contribution in [3.63, 3.8) is 0 Å². The van der Waals surface area contributed by atoms with Crippen molar-refractivity contribution in [1.29, 1.82) is 0 Å². The van der Waals surface area contributed by atoms with Crippen LogP contribution < -0.4 is 19.5 Å². The second-order valence-corrected chi connectivity index (χ2v) is 6.50. The smallest absolute Gasteiger partial charge is 0.318 e. The van der Waals surface area contributed by atoms with E-state index in [0.29, 0.717) is 30.3 Å². The number of hydrogen-bond donors (Lipinski definition) is 1. The zero-order chi connectivity index (χ0) is 19.9. The second kappa shape index (κ2) is 9.30. The number of carbonyl (C=O) groups excluding carboxylic acids is 1. The predicted octanol–water partition coefficient (Wildman–Crippen LogP) is 3.77. The Morgan fingerprint density at radius 3 is 2.79 bits per heavy atom. The number of rotatable bonds is 7. The topological polar surface area (TPSA) is 60.0 Å². The van der Waals surface area contributed by atoms with Gasteiger partial charge in [0.05, 0.1) is 26.8 Å². The summed E-state index contributed by atoms with van der Waals surface area (Å²) in [6.07, 6.45) is 1.79. The maximum Gasteiger partial charge on any atom is 0.318 e. The van der Waals surface area contributed by atoms with Crippen LogP contribution in [0.2, 0.25) is 0 Å². The summed E-state index contributed by atoms with van der Waals surface area (Å²) in [5.41, 5.74) is 0.965. The van der Waals surface area contributed by atoms with Gasteiger partial charge in [0.1, 0.15) is 29.7 Å². The quantitative estimate of drug-likeness (QED) is 0.734. The van der Waals surface area contributed by atoms with Gasteiger partial charge in [-0.2, -0.15) is 0 Å². The van der Waals surface area contributed by atoms with Crippen LogP contribution in [-0.4, -0.2) is 44.8 Å². The Labute approximate surface area is 164 Å². The van der Waals surface area contributed by atoms with Crippen LogP contribution in [0.3, 0.4) is 0 Å². The highest BCUT2D eigenvalue weighted by atomic mass is 19.1. The van der Waals surface area contributed by atoms with E-state index in [2.05, 4.69) is 5.32 Å². The molecule has 1 aliphatic heterocycles. The molecule has 0 aliphatic carbocycles. The Kier molecular flexibility index (Phi) is 6.57. The van der Waals surface area contributed by atoms with Crippen molar-refractivity contribution in [2.24, 2.45) is 0 Å². The summed E-state index contributed by atoms with van der Waals surface area (Å²) in [6, 6.07) is 11.4. The third-order valence-electron chi connectivity index (χ3n) is 4.76. The highest BCUT2D eigenvalue weighted by Crippen LogP contribution is 2.38. The summed E-state index contributed by atoms with van der Waals surface area (Å²) in [6.45, 7) is 1.27. The van der Waals surface area contributed by atoms with Crippen LogP contribution in [0, 0.1) is 5.82 Å². The van der Waals surface area contributed by atoms with Gasteiger partial charge in [0.15, 0.2) is 0 Å². The summed E-state index contributed by atoms with van der Waals surface area (Å²) in [5.74, 6) is 1.51. The first-order valence-corrected chi connectivity index (χ1v) is 9.27. The summed E-state index contributed by atoms with van der Waals surface area (Å²) in [5, 5.41) is 2.87. The molecule has 2 aromatic rings. The van der Waals surface area contributed by atoms with Gasteiger partial charge in [-0.05, 0) is 37.1 Å². The van der Waals surface area contributed by atoms with E-state index in [1.165, 1.54) is 12.1 Å². The van der Waals surface area contributed by atoms with Crippen LogP contribution in [-0.2, 0) is 0 Å². The molecule has 2 aromatic carbocycles. The minimum Gasteiger partial charge on any atom is -0.497 e. The van der Waals surface area contributed by atoms with Crippen molar-refractivity contribution in [1.82, 2.24) is 10.2 Å². The lowest BCUT2D eigenvalue weighted by molar-refractivity contribution is 0.189. The second-order valence-electron chi connectivity index (χ2n) is 6.50. The highest BCUT2D eigenvalue weighted by Gasteiger charge is 2.31. The van der Waals surface area contributed by atoms with Crippen LogP contribution in [0.1, 0.15) is 24.4 Å². The normalized spacial score (nSPS) is 16.0. The van der Waals surface area contributed by atoms with E-state index >= 15 is 0 Å². The molecule has 0 aromatic heterocycles. The van der Waals surface area contributed by atoms with E-state index in [9.17, 15) is 9.18 Å². The van der Waals surface area contributed by atoms with Crippen LogP contribution in [0.15, 0.2) is 42.5 Å². The van der Waals surface area contributed by atoms with Gasteiger partial charge in [-0.3, -0.25) is 0 Å². The third kappa shape index (κ3) is 4.65. The van der Waals surface area contributed by atoms with Crippen LogP contribution in [0.5, 0.6) is 17.2 Å². The molecule has 2 amide bonds. The number of carbonyl (C=O) groups is 1. The number of likely N-dealkylation sites (tertiary alicyclic amines) is 1. The molecule has 7 heteroatoms. The first-order chi connectivity index (χ1) is 13.6. The van der Waals surface area contributed by atoms with E-state index in [1.807, 2.05) is 23.1 Å². The van der Waals surface area contributed by atoms with Gasteiger partial charge in [0, 0.05) is 24.2 Å². The monoisotopic (exact) mass is 388 g/mol. The molecule has 1 fully saturated rings. The summed E-state index contributed by atoms with van der Waals surface area (Å²) in [4.78, 5) is 14.5. The fraction of sp³-hybridized carbons (Fsp3) is 0.381. The molecule has 28 heavy (non-hydrogen) atoms. The Morgan fingerprint density at radius 1 is 1.18 bits per heavy atom. The van der Waals surface area contributed by atoms with Crippen LogP contribution >= 0.6 is 0 Å². The number of benzene rings is 2. The van der Waals surface area contributed by atoms with Crippen LogP contribution in [0.25, 0.3) is 0 Å². The molecule has 6 nitrogen and oxygen atoms in total. The lowest BCUT2D eigenvalue weighted by Crippen LogP contribution is -2.41. The summed E-state index contributed by atoms with van der Waals surface area (Å²) >= 11 is 0. The Bertz CT molecular complexity index is 815. The maximum atomic E-state index is 13.1. The molecule has 1 unspecified atom stereocenters.